The van der Waals surface area contributed by atoms with E-state index in [-0.39, 0.29) is 124 Å². The molecule has 101 heavy (non-hydrogen) atoms. The number of carbonyl (C=O) groups is 12. The lowest BCUT2D eigenvalue weighted by Crippen LogP contribution is -2.58. The summed E-state index contributed by atoms with van der Waals surface area (Å²) in [6, 6.07) is -2.71. The van der Waals surface area contributed by atoms with Crippen LogP contribution >= 0.6 is 0 Å². The molecule has 0 unspecified atom stereocenters. The maximum atomic E-state index is 14.1. The van der Waals surface area contributed by atoms with E-state index in [1.807, 2.05) is 41.5 Å². The van der Waals surface area contributed by atoms with Crippen LogP contribution in [-0.4, -0.2) is 168 Å². The zero-order chi connectivity index (χ0) is 76.6. The van der Waals surface area contributed by atoms with Gasteiger partial charge in [0.1, 0.15) is 59.5 Å². The van der Waals surface area contributed by atoms with Gasteiger partial charge < -0.3 is 74.0 Å². The van der Waals surface area contributed by atoms with Crippen LogP contribution in [0.15, 0.2) is 36.4 Å². The van der Waals surface area contributed by atoms with E-state index in [1.165, 1.54) is 0 Å². The Morgan fingerprint density at radius 3 is 1.04 bits per heavy atom. The third-order valence-corrected chi connectivity index (χ3v) is 16.7. The molecule has 0 fully saturated rings. The largest absolute Gasteiger partial charge is 0.481 e. The second kappa shape index (κ2) is 48.5. The monoisotopic (exact) mass is 1430 g/mol. The number of likely N-dealkylation sites (N-methyl/N-ethyl adjacent to an activating group) is 2. The fraction of sp³-hybridized carbons (Fsp3) is 0.662. The Labute approximate surface area is 592 Å². The van der Waals surface area contributed by atoms with Crippen molar-refractivity contribution in [1.82, 2.24) is 63.8 Å². The summed E-state index contributed by atoms with van der Waals surface area (Å²) in [7, 11) is 0. The second-order valence-corrected chi connectivity index (χ2v) is 26.2. The van der Waals surface area contributed by atoms with Gasteiger partial charge in [-0.05, 0) is 125 Å². The van der Waals surface area contributed by atoms with Gasteiger partial charge in [-0.1, -0.05) is 102 Å². The van der Waals surface area contributed by atoms with Crippen LogP contribution < -0.4 is 63.8 Å². The highest BCUT2D eigenvalue weighted by atomic mass is 19.1. The van der Waals surface area contributed by atoms with Gasteiger partial charge >= 0.3 is 11.9 Å². The van der Waals surface area contributed by atoms with Crippen molar-refractivity contribution in [1.29, 1.82) is 0 Å². The molecule has 0 radical (unpaired) electrons. The first-order valence-electron chi connectivity index (χ1n) is 35.3. The highest BCUT2D eigenvalue weighted by Gasteiger charge is 2.35. The van der Waals surface area contributed by atoms with Gasteiger partial charge in [-0.25, -0.2) is 17.6 Å². The number of benzene rings is 2. The molecule has 0 aliphatic heterocycles. The van der Waals surface area contributed by atoms with E-state index in [4.69, 9.17) is 10.2 Å². The standard InChI is InChI=1S/C36H58F2N6O7.C35H56F2N6O7/c1-8-13-28(42-36(51)32(22(7)9-2)43-29(45)14-12-15-30(46)47)34(49)41-26(18-23-16-24(37)19-25(38)17-23)20-40-27(10-3)33(48)44-31(21(5)6)35(50)39-11-4;1-8-12-27(41-35(50)31(21(6)9-2)42-28(44)13-11-14-29(45)46)33(48)40-26(17-23-15-24(36)18-25(37)16-23)19-39-22(7)32(47)43-30(20(4)5)34(49)38-10-3/h16-17,19,21-22,26-28,31-32,40H,8-15,18,20H2,1-7H3,(H,39,50)(H,41,49)(H,42,51)(H,43,45)(H,44,48)(H,46,47);15-16,18,20-22,26-27,30-31,39H,8-14,17,19H2,1-7H3,(H,38,49)(H,40,48)(H,41,50)(H,42,44)(H,43,47)(H,45,46)/t22-,26-,27-,28-,31-,32-;21-,22-,26-,27-,30-,31-/m00/s1. The molecule has 0 aliphatic rings. The SMILES string of the molecule is CCC[C@H](NC(=O)[C@@H](NC(=O)CCCC(=O)O)[C@@H](C)CC)C(=O)N[C@H](CN[C@@H](C)C(=O)N[C@H](C(=O)NCC)C(C)C)Cc1cc(F)cc(F)c1.CCC[C@H](NC(=O)[C@@H](NC(=O)CCCC(=O)O)[C@@H](C)CC)C(=O)N[C@H](CN[C@@H](CC)C(=O)N[C@H](C(=O)NCC)C(C)C)Cc1cc(F)cc(F)c1. The topological polar surface area (TPSA) is 390 Å². The molecular formula is C71H114F4N12O14. The molecule has 570 valence electrons. The van der Waals surface area contributed by atoms with E-state index >= 15 is 0 Å². The van der Waals surface area contributed by atoms with Crippen LogP contribution in [0.4, 0.5) is 17.6 Å². The van der Waals surface area contributed by atoms with E-state index in [1.54, 1.807) is 55.4 Å². The number of nitrogens with one attached hydrogen (secondary N) is 12. The summed E-state index contributed by atoms with van der Waals surface area (Å²) in [5.41, 5.74) is 0.507. The van der Waals surface area contributed by atoms with Gasteiger partial charge in [0.05, 0.1) is 12.1 Å². The molecule has 2 aromatic rings. The van der Waals surface area contributed by atoms with Crippen molar-refractivity contribution in [2.75, 3.05) is 26.2 Å². The number of carboxylic acid groups (broad SMARTS) is 2. The Kier molecular flexibility index (Phi) is 43.6. The fourth-order valence-electron chi connectivity index (χ4n) is 10.6. The summed E-state index contributed by atoms with van der Waals surface area (Å²) in [6.07, 6.45) is 2.50. The molecule has 2 aromatic carbocycles. The number of halogens is 4. The maximum absolute atomic E-state index is 14.1. The first-order valence-corrected chi connectivity index (χ1v) is 35.3. The molecule has 12 atom stereocenters. The lowest BCUT2D eigenvalue weighted by atomic mass is 9.97. The molecule has 0 aromatic heterocycles. The van der Waals surface area contributed by atoms with Crippen molar-refractivity contribution in [3.63, 3.8) is 0 Å². The Hall–Kier alpha value is -8.28. The van der Waals surface area contributed by atoms with Gasteiger partial charge in [0.15, 0.2) is 0 Å². The van der Waals surface area contributed by atoms with Crippen LogP contribution in [0.5, 0.6) is 0 Å². The molecule has 10 amide bonds. The first-order chi connectivity index (χ1) is 47.6. The zero-order valence-corrected chi connectivity index (χ0v) is 61.3. The van der Waals surface area contributed by atoms with Crippen LogP contribution in [0, 0.1) is 46.9 Å². The summed E-state index contributed by atoms with van der Waals surface area (Å²) < 4.78 is 56.4. The van der Waals surface area contributed by atoms with Crippen LogP contribution in [0.3, 0.4) is 0 Å². The van der Waals surface area contributed by atoms with Gasteiger partial charge in [0, 0.05) is 76.1 Å². The molecule has 0 aliphatic carbocycles. The molecule has 0 spiro atoms. The average Bonchev–Trinajstić information content (AvgIpc) is 0.887. The number of amides is 10. The lowest BCUT2D eigenvalue weighted by Gasteiger charge is -2.29. The highest BCUT2D eigenvalue weighted by Crippen LogP contribution is 2.17. The number of carbonyl (C=O) groups excluding carboxylic acids is 10. The summed E-state index contributed by atoms with van der Waals surface area (Å²) in [5, 5.41) is 51.4. The maximum Gasteiger partial charge on any atom is 0.303 e. The molecule has 0 heterocycles. The average molecular weight is 1440 g/mol. The first kappa shape index (κ1) is 90.7. The normalized spacial score (nSPS) is 14.7. The predicted octanol–water partition coefficient (Wildman–Crippen LogP) is 5.03. The molecule has 0 saturated carbocycles. The summed E-state index contributed by atoms with van der Waals surface area (Å²) in [4.78, 5) is 152. The Balaban J connectivity index is 0.00000101. The number of hydrogen-bond acceptors (Lipinski definition) is 14. The molecular weight excluding hydrogens is 1320 g/mol. The molecule has 0 saturated heterocycles. The molecule has 14 N–H and O–H groups in total. The smallest absolute Gasteiger partial charge is 0.303 e. The van der Waals surface area contributed by atoms with E-state index in [0.717, 1.165) is 36.4 Å². The quantitative estimate of drug-likeness (QED) is 0.0387. The lowest BCUT2D eigenvalue weighted by molar-refractivity contribution is -0.138. The molecule has 0 bridgehead atoms. The zero-order valence-electron chi connectivity index (χ0n) is 61.3. The minimum Gasteiger partial charge on any atom is -0.481 e. The van der Waals surface area contributed by atoms with Gasteiger partial charge in [-0.3, -0.25) is 57.5 Å². The highest BCUT2D eigenvalue weighted by molar-refractivity contribution is 5.94. The summed E-state index contributed by atoms with van der Waals surface area (Å²) >= 11 is 0. The van der Waals surface area contributed by atoms with Crippen molar-refractivity contribution in [2.45, 2.75) is 254 Å². The summed E-state index contributed by atoms with van der Waals surface area (Å²) in [5.74, 6) is -11.1. The van der Waals surface area contributed by atoms with Crippen molar-refractivity contribution in [3.05, 3.63) is 70.8 Å². The van der Waals surface area contributed by atoms with Gasteiger partial charge in [0.25, 0.3) is 0 Å². The number of carboxylic acids is 2. The van der Waals surface area contributed by atoms with Crippen LogP contribution in [0.1, 0.15) is 192 Å². The van der Waals surface area contributed by atoms with Crippen LogP contribution in [-0.2, 0) is 70.4 Å². The van der Waals surface area contributed by atoms with Crippen molar-refractivity contribution in [3.8, 4) is 0 Å². The second-order valence-electron chi connectivity index (χ2n) is 26.2. The van der Waals surface area contributed by atoms with Crippen molar-refractivity contribution >= 4 is 71.0 Å². The van der Waals surface area contributed by atoms with Gasteiger partial charge in [-0.15, -0.1) is 0 Å². The predicted molar refractivity (Wildman–Crippen MR) is 374 cm³/mol. The van der Waals surface area contributed by atoms with E-state index < -0.39 is 143 Å². The minimum absolute atomic E-state index is 0.00200. The van der Waals surface area contributed by atoms with E-state index in [0.29, 0.717) is 45.2 Å². The third-order valence-electron chi connectivity index (χ3n) is 16.7. The number of aliphatic carboxylic acids is 2. The number of rotatable bonds is 47. The van der Waals surface area contributed by atoms with Gasteiger partial charge in [0.2, 0.25) is 59.1 Å². The van der Waals surface area contributed by atoms with E-state index in [9.17, 15) is 75.1 Å². The Morgan fingerprint density at radius 2 is 0.723 bits per heavy atom. The van der Waals surface area contributed by atoms with Crippen LogP contribution in [0.25, 0.3) is 0 Å². The molecule has 30 heteroatoms. The third kappa shape index (κ3) is 35.7. The van der Waals surface area contributed by atoms with Crippen molar-refractivity contribution in [2.24, 2.45) is 23.7 Å². The minimum atomic E-state index is -1.03. The molecule has 2 rings (SSSR count). The van der Waals surface area contributed by atoms with Crippen LogP contribution in [0.2, 0.25) is 0 Å². The van der Waals surface area contributed by atoms with E-state index in [2.05, 4.69) is 63.8 Å². The van der Waals surface area contributed by atoms with Crippen molar-refractivity contribution < 1.29 is 85.3 Å². The van der Waals surface area contributed by atoms with Gasteiger partial charge in [-0.2, -0.15) is 0 Å². The fourth-order valence-corrected chi connectivity index (χ4v) is 10.6. The summed E-state index contributed by atoms with van der Waals surface area (Å²) in [6.45, 7) is 25.8. The Bertz CT molecular complexity index is 2960. The number of hydrogen-bond donors (Lipinski definition) is 14. The molecule has 26 nitrogen and oxygen atoms in total. The Morgan fingerprint density at radius 1 is 0.376 bits per heavy atom.